The van der Waals surface area contributed by atoms with Gasteiger partial charge in [-0.1, -0.05) is 13.0 Å². The molecule has 5 heteroatoms. The number of halogens is 3. The van der Waals surface area contributed by atoms with E-state index < -0.39 is 22.8 Å². The Morgan fingerprint density at radius 2 is 1.65 bits per heavy atom. The van der Waals surface area contributed by atoms with Crippen LogP contribution >= 0.6 is 0 Å². The summed E-state index contributed by atoms with van der Waals surface area (Å²) in [5, 5.41) is -0.187. The molecule has 0 saturated heterocycles. The van der Waals surface area contributed by atoms with E-state index in [2.05, 4.69) is 0 Å². The Hall–Kier alpha value is -1.91. The molecule has 0 saturated carbocycles. The normalized spacial score (nSPS) is 10.8. The van der Waals surface area contributed by atoms with Gasteiger partial charge in [0.25, 0.3) is 0 Å². The van der Waals surface area contributed by atoms with Crippen LogP contribution in [0.4, 0.5) is 13.2 Å². The zero-order valence-electron chi connectivity index (χ0n) is 11.3. The van der Waals surface area contributed by atoms with Gasteiger partial charge in [-0.3, -0.25) is 0 Å². The van der Waals surface area contributed by atoms with Crippen molar-refractivity contribution in [3.8, 4) is 11.5 Å². The van der Waals surface area contributed by atoms with Gasteiger partial charge in [0.15, 0.2) is 23.1 Å². The van der Waals surface area contributed by atoms with E-state index in [1.807, 2.05) is 6.92 Å². The summed E-state index contributed by atoms with van der Waals surface area (Å²) in [6.45, 7) is 4.04. The third-order valence-electron chi connectivity index (χ3n) is 2.82. The van der Waals surface area contributed by atoms with Gasteiger partial charge in [0.05, 0.1) is 18.6 Å². The highest BCUT2D eigenvalue weighted by Gasteiger charge is 2.20. The van der Waals surface area contributed by atoms with Crippen LogP contribution in [0.3, 0.4) is 0 Å². The molecule has 0 unspecified atom stereocenters. The molecule has 0 bridgehead atoms. The zero-order chi connectivity index (χ0) is 14.7. The van der Waals surface area contributed by atoms with Crippen molar-refractivity contribution in [1.82, 2.24) is 0 Å². The van der Waals surface area contributed by atoms with Crippen molar-refractivity contribution >= 4 is 10.8 Å². The number of hydrogen-bond donors (Lipinski definition) is 0. The fourth-order valence-electron chi connectivity index (χ4n) is 1.92. The van der Waals surface area contributed by atoms with Gasteiger partial charge in [-0.05, 0) is 30.9 Å². The minimum Gasteiger partial charge on any atom is -0.491 e. The van der Waals surface area contributed by atoms with Crippen LogP contribution in [0.1, 0.15) is 20.3 Å². The average Bonchev–Trinajstić information content (AvgIpc) is 2.44. The standard InChI is InChI=1S/C15H15F3O2/c1-3-7-20-11-8-9-5-6-10(19-4-2)13(16)12(9)15(18)14(11)17/h5-6,8H,3-4,7H2,1-2H3. The average molecular weight is 284 g/mol. The molecular formula is C15H15F3O2. The van der Waals surface area contributed by atoms with Gasteiger partial charge in [-0.15, -0.1) is 0 Å². The second-order valence-corrected chi connectivity index (χ2v) is 4.26. The molecule has 20 heavy (non-hydrogen) atoms. The Balaban J connectivity index is 2.60. The van der Waals surface area contributed by atoms with Gasteiger partial charge in [0.2, 0.25) is 5.82 Å². The Kier molecular flexibility index (Phi) is 4.37. The highest BCUT2D eigenvalue weighted by atomic mass is 19.2. The minimum atomic E-state index is -1.26. The van der Waals surface area contributed by atoms with Gasteiger partial charge in [0.1, 0.15) is 0 Å². The van der Waals surface area contributed by atoms with Crippen molar-refractivity contribution in [1.29, 1.82) is 0 Å². The van der Waals surface area contributed by atoms with Crippen LogP contribution in [0, 0.1) is 17.5 Å². The lowest BCUT2D eigenvalue weighted by molar-refractivity contribution is 0.296. The van der Waals surface area contributed by atoms with Crippen LogP contribution in [0.15, 0.2) is 18.2 Å². The van der Waals surface area contributed by atoms with Gasteiger partial charge >= 0.3 is 0 Å². The smallest absolute Gasteiger partial charge is 0.201 e. The molecule has 2 aromatic rings. The molecule has 0 aliphatic heterocycles. The lowest BCUT2D eigenvalue weighted by Crippen LogP contribution is -2.02. The van der Waals surface area contributed by atoms with Crippen molar-refractivity contribution in [2.75, 3.05) is 13.2 Å². The number of rotatable bonds is 5. The predicted octanol–water partition coefficient (Wildman–Crippen LogP) is 4.44. The van der Waals surface area contributed by atoms with E-state index in [4.69, 9.17) is 9.47 Å². The molecule has 0 aliphatic rings. The summed E-state index contributed by atoms with van der Waals surface area (Å²) in [4.78, 5) is 0. The van der Waals surface area contributed by atoms with E-state index in [9.17, 15) is 13.2 Å². The van der Waals surface area contributed by atoms with Crippen molar-refractivity contribution in [3.63, 3.8) is 0 Å². The summed E-state index contributed by atoms with van der Waals surface area (Å²) in [5.41, 5.74) is 0. The maximum absolute atomic E-state index is 14.1. The summed E-state index contributed by atoms with van der Waals surface area (Å²) in [7, 11) is 0. The van der Waals surface area contributed by atoms with Gasteiger partial charge < -0.3 is 9.47 Å². The molecule has 0 radical (unpaired) electrons. The topological polar surface area (TPSA) is 18.5 Å². The second kappa shape index (κ2) is 6.03. The molecule has 2 aromatic carbocycles. The molecule has 0 heterocycles. The van der Waals surface area contributed by atoms with Crippen molar-refractivity contribution in [3.05, 3.63) is 35.7 Å². The van der Waals surface area contributed by atoms with E-state index >= 15 is 0 Å². The van der Waals surface area contributed by atoms with E-state index in [1.54, 1.807) is 6.92 Å². The van der Waals surface area contributed by atoms with E-state index in [0.29, 0.717) is 6.42 Å². The second-order valence-electron chi connectivity index (χ2n) is 4.26. The first-order chi connectivity index (χ1) is 9.60. The van der Waals surface area contributed by atoms with Crippen LogP contribution in [-0.2, 0) is 0 Å². The summed E-state index contributed by atoms with van der Waals surface area (Å²) < 4.78 is 52.1. The van der Waals surface area contributed by atoms with Crippen LogP contribution in [-0.4, -0.2) is 13.2 Å². The van der Waals surface area contributed by atoms with Gasteiger partial charge in [-0.25, -0.2) is 8.78 Å². The minimum absolute atomic E-state index is 0.0967. The van der Waals surface area contributed by atoms with Crippen molar-refractivity contribution < 1.29 is 22.6 Å². The van der Waals surface area contributed by atoms with Gasteiger partial charge in [0, 0.05) is 0 Å². The summed E-state index contributed by atoms with van der Waals surface area (Å²) in [5.74, 6) is -3.64. The Labute approximate surface area is 115 Å². The zero-order valence-corrected chi connectivity index (χ0v) is 11.3. The fraction of sp³-hybridized carbons (Fsp3) is 0.333. The number of fused-ring (bicyclic) bond motifs is 1. The number of hydrogen-bond acceptors (Lipinski definition) is 2. The first-order valence-corrected chi connectivity index (χ1v) is 6.45. The molecule has 2 nitrogen and oxygen atoms in total. The lowest BCUT2D eigenvalue weighted by Gasteiger charge is -2.11. The first kappa shape index (κ1) is 14.5. The Morgan fingerprint density at radius 1 is 0.900 bits per heavy atom. The molecule has 0 spiro atoms. The van der Waals surface area contributed by atoms with Crippen molar-refractivity contribution in [2.45, 2.75) is 20.3 Å². The third-order valence-corrected chi connectivity index (χ3v) is 2.82. The Morgan fingerprint density at radius 3 is 2.30 bits per heavy atom. The predicted molar refractivity (Wildman–Crippen MR) is 70.8 cm³/mol. The third kappa shape index (κ3) is 2.53. The van der Waals surface area contributed by atoms with Crippen LogP contribution in [0.5, 0.6) is 11.5 Å². The van der Waals surface area contributed by atoms with E-state index in [-0.39, 0.29) is 30.1 Å². The molecule has 108 valence electrons. The molecule has 0 aliphatic carbocycles. The van der Waals surface area contributed by atoms with Crippen molar-refractivity contribution in [2.24, 2.45) is 0 Å². The SMILES string of the molecule is CCCOc1cc2ccc(OCC)c(F)c2c(F)c1F. The monoisotopic (exact) mass is 284 g/mol. The quantitative estimate of drug-likeness (QED) is 0.808. The van der Waals surface area contributed by atoms with Crippen LogP contribution in [0.2, 0.25) is 0 Å². The summed E-state index contributed by atoms with van der Waals surface area (Å²) in [6, 6.07) is 4.16. The first-order valence-electron chi connectivity index (χ1n) is 6.45. The molecule has 0 aromatic heterocycles. The largest absolute Gasteiger partial charge is 0.491 e. The van der Waals surface area contributed by atoms with E-state index in [0.717, 1.165) is 0 Å². The maximum Gasteiger partial charge on any atom is 0.201 e. The highest BCUT2D eigenvalue weighted by Crippen LogP contribution is 2.34. The highest BCUT2D eigenvalue weighted by molar-refractivity contribution is 5.86. The van der Waals surface area contributed by atoms with Crippen LogP contribution < -0.4 is 9.47 Å². The maximum atomic E-state index is 14.1. The molecule has 0 amide bonds. The Bertz CT molecular complexity index is 626. The molecule has 2 rings (SSSR count). The lowest BCUT2D eigenvalue weighted by atomic mass is 10.1. The molecule has 0 fully saturated rings. The molecule has 0 N–H and O–H groups in total. The van der Waals surface area contributed by atoms with Gasteiger partial charge in [-0.2, -0.15) is 4.39 Å². The summed E-state index contributed by atoms with van der Waals surface area (Å²) >= 11 is 0. The number of ether oxygens (including phenoxy) is 2. The fourth-order valence-corrected chi connectivity index (χ4v) is 1.92. The number of benzene rings is 2. The molecular weight excluding hydrogens is 269 g/mol. The van der Waals surface area contributed by atoms with E-state index in [1.165, 1.54) is 18.2 Å². The van der Waals surface area contributed by atoms with Crippen LogP contribution in [0.25, 0.3) is 10.8 Å². The molecule has 0 atom stereocenters. The summed E-state index contributed by atoms with van der Waals surface area (Å²) in [6.07, 6.45) is 0.663.